The van der Waals surface area contributed by atoms with Crippen LogP contribution in [0.15, 0.2) is 0 Å². The summed E-state index contributed by atoms with van der Waals surface area (Å²) in [6.45, 7) is 22.5. The third-order valence-electron chi connectivity index (χ3n) is 8.49. The Balaban J connectivity index is 1.23. The van der Waals surface area contributed by atoms with E-state index < -0.39 is 45.7 Å². The summed E-state index contributed by atoms with van der Waals surface area (Å²) in [4.78, 5) is 0. The summed E-state index contributed by atoms with van der Waals surface area (Å²) in [5, 5.41) is 0. The van der Waals surface area contributed by atoms with Gasteiger partial charge < -0.3 is 50.2 Å². The highest BCUT2D eigenvalue weighted by atomic mass is 28.5. The molecule has 4 rings (SSSR count). The third-order valence-corrected chi connectivity index (χ3v) is 22.8. The first-order valence-corrected chi connectivity index (χ1v) is 30.1. The second-order valence-electron chi connectivity index (χ2n) is 15.9. The minimum Gasteiger partial charge on any atom is -0.437 e. The van der Waals surface area contributed by atoms with E-state index in [2.05, 4.69) is 52.4 Å². The van der Waals surface area contributed by atoms with Gasteiger partial charge in [0.05, 0.1) is 39.6 Å². The lowest BCUT2D eigenvalue weighted by molar-refractivity contribution is -0.338. The Labute approximate surface area is 289 Å². The molecule has 0 aromatic carbocycles. The van der Waals surface area contributed by atoms with Crippen LogP contribution in [0.4, 0.5) is 0 Å². The summed E-state index contributed by atoms with van der Waals surface area (Å²) < 4.78 is 69.3. The van der Waals surface area contributed by atoms with Gasteiger partial charge in [-0.2, -0.15) is 0 Å². The molecule has 0 saturated carbocycles. The molecule has 0 aromatic heterocycles. The molecule has 0 radical (unpaired) electrons. The highest BCUT2D eigenvalue weighted by Crippen LogP contribution is 2.35. The maximum absolute atomic E-state index is 7.18. The van der Waals surface area contributed by atoms with Gasteiger partial charge in [-0.05, 0) is 103 Å². The molecular weight excluding hydrogens is 673 g/mol. The lowest BCUT2D eigenvalue weighted by atomic mass is 10.2. The van der Waals surface area contributed by atoms with E-state index in [1.807, 2.05) is 0 Å². The van der Waals surface area contributed by atoms with Gasteiger partial charge in [-0.1, -0.05) is 12.8 Å². The van der Waals surface area contributed by atoms with Gasteiger partial charge in [-0.15, -0.1) is 0 Å². The number of hydrogen-bond acceptors (Lipinski definition) is 11. The van der Waals surface area contributed by atoms with Crippen LogP contribution in [0.2, 0.25) is 64.5 Å². The average molecular weight is 739 g/mol. The van der Waals surface area contributed by atoms with Crippen molar-refractivity contribution in [1.29, 1.82) is 0 Å². The molecule has 15 heteroatoms. The van der Waals surface area contributed by atoms with Crippen LogP contribution in [0.25, 0.3) is 0 Å². The van der Waals surface area contributed by atoms with Gasteiger partial charge in [-0.3, -0.25) is 0 Å². The van der Waals surface area contributed by atoms with E-state index in [0.717, 1.165) is 76.3 Å². The molecule has 0 N–H and O–H groups in total. The van der Waals surface area contributed by atoms with E-state index in [0.29, 0.717) is 52.9 Å². The highest BCUT2D eigenvalue weighted by molar-refractivity contribution is 6.89. The maximum atomic E-state index is 7.18. The van der Waals surface area contributed by atoms with E-state index in [1.165, 1.54) is 0 Å². The summed E-state index contributed by atoms with van der Waals surface area (Å²) in [5.41, 5.74) is 0. The van der Waals surface area contributed by atoms with Crippen LogP contribution in [-0.4, -0.2) is 111 Å². The Morgan fingerprint density at radius 2 is 0.957 bits per heavy atom. The molecule has 4 aliphatic rings. The molecule has 0 aliphatic carbocycles. The third kappa shape index (κ3) is 14.2. The molecule has 4 saturated heterocycles. The van der Waals surface area contributed by atoms with Crippen molar-refractivity contribution in [1.82, 2.24) is 0 Å². The highest BCUT2D eigenvalue weighted by Gasteiger charge is 2.47. The fraction of sp³-hybridized carbons (Fsp3) is 1.00. The minimum atomic E-state index is -2.58. The Morgan fingerprint density at radius 1 is 0.532 bits per heavy atom. The second kappa shape index (κ2) is 17.8. The fourth-order valence-electron chi connectivity index (χ4n) is 6.92. The molecule has 47 heavy (non-hydrogen) atoms. The van der Waals surface area contributed by atoms with Crippen LogP contribution in [-0.2, 0) is 50.2 Å². The van der Waals surface area contributed by atoms with Gasteiger partial charge in [-0.25, -0.2) is 0 Å². The summed E-state index contributed by atoms with van der Waals surface area (Å²) in [6.07, 6.45) is 9.62. The maximum Gasteiger partial charge on any atom is 0.315 e. The van der Waals surface area contributed by atoms with Crippen LogP contribution < -0.4 is 0 Å². The average Bonchev–Trinajstić information content (AvgIpc) is 3.34. The molecule has 4 heterocycles. The smallest absolute Gasteiger partial charge is 0.315 e. The first-order valence-electron chi connectivity index (χ1n) is 18.3. The van der Waals surface area contributed by atoms with Gasteiger partial charge in [0.1, 0.15) is 12.2 Å². The van der Waals surface area contributed by atoms with Gasteiger partial charge in [0.2, 0.25) is 0 Å². The van der Waals surface area contributed by atoms with Crippen molar-refractivity contribution in [2.45, 2.75) is 153 Å². The molecule has 0 amide bonds. The van der Waals surface area contributed by atoms with Crippen LogP contribution in [0, 0.1) is 0 Å². The van der Waals surface area contributed by atoms with E-state index in [9.17, 15) is 0 Å². The van der Waals surface area contributed by atoms with Crippen LogP contribution in [0.5, 0.6) is 0 Å². The van der Waals surface area contributed by atoms with Crippen molar-refractivity contribution in [3.63, 3.8) is 0 Å². The van der Waals surface area contributed by atoms with Crippen molar-refractivity contribution in [2.24, 2.45) is 0 Å². The second-order valence-corrected chi connectivity index (χ2v) is 32.4. The summed E-state index contributed by atoms with van der Waals surface area (Å²) in [7, 11) is -8.93. The lowest BCUT2D eigenvalue weighted by Gasteiger charge is -2.43. The monoisotopic (exact) mass is 738 g/mol. The number of ether oxygens (including phenoxy) is 8. The minimum absolute atomic E-state index is 0.103. The Bertz CT molecular complexity index is 848. The molecule has 276 valence electrons. The normalized spacial score (nSPS) is 31.9. The zero-order valence-corrected chi connectivity index (χ0v) is 34.8. The fourth-order valence-corrected chi connectivity index (χ4v) is 25.2. The molecule has 6 atom stereocenters. The molecule has 4 fully saturated rings. The van der Waals surface area contributed by atoms with Crippen molar-refractivity contribution in [2.75, 3.05) is 52.9 Å². The standard InChI is InChI=1S/C32H66O11Si4/c1-44(2,3)41-46(7,23-15-19-33-25-29-27-37-31(39-29)17-11-9-13-21-35-31)43-47(8,42-45(4,5)6)24-16-20-34-26-30-28-38-32(40-30)18-12-10-14-22-36-32/h29-30H,9-28H2,1-8H3. The molecule has 0 bridgehead atoms. The van der Waals surface area contributed by atoms with Crippen molar-refractivity contribution >= 4 is 33.8 Å². The quantitative estimate of drug-likeness (QED) is 0.108. The van der Waals surface area contributed by atoms with Gasteiger partial charge in [0.15, 0.2) is 16.6 Å². The van der Waals surface area contributed by atoms with Gasteiger partial charge in [0, 0.05) is 26.1 Å². The van der Waals surface area contributed by atoms with Gasteiger partial charge >= 0.3 is 17.1 Å². The van der Waals surface area contributed by atoms with Crippen LogP contribution in [0.3, 0.4) is 0 Å². The van der Waals surface area contributed by atoms with Gasteiger partial charge in [0.25, 0.3) is 11.9 Å². The molecule has 2 spiro atoms. The van der Waals surface area contributed by atoms with E-state index in [-0.39, 0.29) is 12.2 Å². The Kier molecular flexibility index (Phi) is 15.2. The first kappa shape index (κ1) is 40.2. The van der Waals surface area contributed by atoms with E-state index >= 15 is 0 Å². The van der Waals surface area contributed by atoms with Crippen molar-refractivity contribution < 1.29 is 50.2 Å². The summed E-state index contributed by atoms with van der Waals surface area (Å²) >= 11 is 0. The van der Waals surface area contributed by atoms with Crippen molar-refractivity contribution in [3.8, 4) is 0 Å². The lowest BCUT2D eigenvalue weighted by Crippen LogP contribution is -2.58. The predicted molar refractivity (Wildman–Crippen MR) is 190 cm³/mol. The summed E-state index contributed by atoms with van der Waals surface area (Å²) in [6, 6.07) is 1.70. The summed E-state index contributed by atoms with van der Waals surface area (Å²) in [5.74, 6) is -1.73. The van der Waals surface area contributed by atoms with E-state index in [4.69, 9.17) is 50.2 Å². The largest absolute Gasteiger partial charge is 0.437 e. The molecular formula is C32H66O11Si4. The Hall–Kier alpha value is 0.428. The zero-order chi connectivity index (χ0) is 34.1. The number of hydrogen-bond donors (Lipinski definition) is 0. The van der Waals surface area contributed by atoms with E-state index in [1.54, 1.807) is 0 Å². The van der Waals surface area contributed by atoms with Crippen LogP contribution in [0.1, 0.15) is 64.2 Å². The SMILES string of the molecule is C[Si](C)(C)O[Si](C)(CCCOCC1COC2(CCCCCO2)O1)O[Si](C)(CCCOCC1COC2(CCCCCO2)O1)O[Si](C)(C)C. The topological polar surface area (TPSA) is 102 Å². The first-order chi connectivity index (χ1) is 22.1. The van der Waals surface area contributed by atoms with Crippen molar-refractivity contribution in [3.05, 3.63) is 0 Å². The molecule has 11 nitrogen and oxygen atoms in total. The molecule has 6 unspecified atom stereocenters. The molecule has 4 aliphatic heterocycles. The van der Waals surface area contributed by atoms with Crippen LogP contribution >= 0.6 is 0 Å². The number of rotatable bonds is 18. The Morgan fingerprint density at radius 3 is 1.36 bits per heavy atom. The zero-order valence-electron chi connectivity index (χ0n) is 30.8. The predicted octanol–water partition coefficient (Wildman–Crippen LogP) is 6.98. The molecule has 0 aromatic rings.